The molecule has 1 unspecified atom stereocenters. The second-order valence-electron chi connectivity index (χ2n) is 6.41. The van der Waals surface area contributed by atoms with Crippen LogP contribution in [0.4, 0.5) is 9.18 Å². The fourth-order valence-corrected chi connectivity index (χ4v) is 4.63. The van der Waals surface area contributed by atoms with Gasteiger partial charge in [0.1, 0.15) is 5.82 Å². The molecule has 0 radical (unpaired) electrons. The quantitative estimate of drug-likeness (QED) is 0.812. The molecule has 144 valence electrons. The van der Waals surface area contributed by atoms with Crippen molar-refractivity contribution in [3.63, 3.8) is 0 Å². The lowest BCUT2D eigenvalue weighted by atomic mass is 10.1. The predicted molar refractivity (Wildman–Crippen MR) is 98.9 cm³/mol. The molecule has 2 aromatic carbocycles. The Bertz CT molecular complexity index is 872. The van der Waals surface area contributed by atoms with Crippen LogP contribution in [0.2, 0.25) is 0 Å². The topological polar surface area (TPSA) is 75.7 Å². The Morgan fingerprint density at radius 3 is 2.56 bits per heavy atom. The van der Waals surface area contributed by atoms with E-state index in [9.17, 15) is 17.6 Å². The van der Waals surface area contributed by atoms with Gasteiger partial charge in [-0.05, 0) is 29.7 Å². The number of hydroxylamine groups is 1. The van der Waals surface area contributed by atoms with Crippen molar-refractivity contribution in [1.82, 2.24) is 10.4 Å². The smallest absolute Gasteiger partial charge is 0.315 e. The number of carbonyl (C=O) groups is 1. The van der Waals surface area contributed by atoms with E-state index in [0.29, 0.717) is 18.5 Å². The van der Waals surface area contributed by atoms with Gasteiger partial charge in [-0.1, -0.05) is 42.5 Å². The average Bonchev–Trinajstić information content (AvgIpc) is 2.82. The normalized spacial score (nSPS) is 19.3. The number of urea groups is 1. The third-order valence-corrected chi connectivity index (χ3v) is 6.13. The summed E-state index contributed by atoms with van der Waals surface area (Å²) in [4.78, 5) is 19.4. The summed E-state index contributed by atoms with van der Waals surface area (Å²) >= 11 is 0. The summed E-state index contributed by atoms with van der Waals surface area (Å²) < 4.78 is 37.4. The van der Waals surface area contributed by atoms with E-state index in [1.54, 1.807) is 12.1 Å². The summed E-state index contributed by atoms with van der Waals surface area (Å²) in [6, 6.07) is 13.8. The van der Waals surface area contributed by atoms with Crippen molar-refractivity contribution in [3.05, 3.63) is 71.5 Å². The predicted octanol–water partition coefficient (Wildman–Crippen LogP) is 2.83. The molecule has 2 amide bonds. The Labute approximate surface area is 157 Å². The van der Waals surface area contributed by atoms with Crippen LogP contribution in [0, 0.1) is 5.82 Å². The van der Waals surface area contributed by atoms with Gasteiger partial charge in [0.15, 0.2) is 9.84 Å². The molecule has 8 heteroatoms. The van der Waals surface area contributed by atoms with Crippen molar-refractivity contribution in [1.29, 1.82) is 0 Å². The van der Waals surface area contributed by atoms with Crippen molar-refractivity contribution in [3.8, 4) is 0 Å². The molecule has 1 fully saturated rings. The number of amides is 2. The molecule has 1 aliphatic rings. The van der Waals surface area contributed by atoms with Gasteiger partial charge in [0.2, 0.25) is 0 Å². The van der Waals surface area contributed by atoms with Crippen molar-refractivity contribution in [2.24, 2.45) is 0 Å². The number of carbonyl (C=O) groups excluding carboxylic acids is 1. The first-order valence-corrected chi connectivity index (χ1v) is 10.4. The first-order valence-electron chi connectivity index (χ1n) is 8.63. The number of hydrogen-bond acceptors (Lipinski definition) is 4. The molecule has 1 aliphatic heterocycles. The first-order chi connectivity index (χ1) is 12.9. The Balaban J connectivity index is 1.69. The van der Waals surface area contributed by atoms with Gasteiger partial charge >= 0.3 is 6.03 Å². The van der Waals surface area contributed by atoms with Crippen molar-refractivity contribution >= 4 is 15.9 Å². The Hall–Kier alpha value is -2.45. The standard InChI is InChI=1S/C19H21FN2O4S/c20-17-9-7-15(8-10-17)13-26-21-19(23)22-11-4-12-27(24,25)14-18(22)16-5-2-1-3-6-16/h1-3,5-10,18H,4,11-14H2,(H,21,23). The summed E-state index contributed by atoms with van der Waals surface area (Å²) in [5.41, 5.74) is 3.83. The van der Waals surface area contributed by atoms with Crippen LogP contribution in [0.25, 0.3) is 0 Å². The number of nitrogens with one attached hydrogen (secondary N) is 1. The molecule has 2 aromatic rings. The maximum Gasteiger partial charge on any atom is 0.341 e. The highest BCUT2D eigenvalue weighted by molar-refractivity contribution is 7.91. The highest BCUT2D eigenvalue weighted by atomic mass is 32.2. The molecule has 1 heterocycles. The molecular weight excluding hydrogens is 371 g/mol. The first kappa shape index (κ1) is 19.3. The second kappa shape index (κ2) is 8.49. The molecule has 1 saturated heterocycles. The monoisotopic (exact) mass is 392 g/mol. The minimum Gasteiger partial charge on any atom is -0.315 e. The van der Waals surface area contributed by atoms with Crippen LogP contribution in [0.3, 0.4) is 0 Å². The zero-order valence-corrected chi connectivity index (χ0v) is 15.5. The van der Waals surface area contributed by atoms with Crippen LogP contribution >= 0.6 is 0 Å². The van der Waals surface area contributed by atoms with Gasteiger partial charge in [0.05, 0.1) is 24.2 Å². The lowest BCUT2D eigenvalue weighted by Gasteiger charge is -2.29. The maximum atomic E-state index is 12.9. The molecule has 6 nitrogen and oxygen atoms in total. The number of hydrogen-bond donors (Lipinski definition) is 1. The Kier molecular flexibility index (Phi) is 6.08. The van der Waals surface area contributed by atoms with Crippen LogP contribution in [0.5, 0.6) is 0 Å². The summed E-state index contributed by atoms with van der Waals surface area (Å²) in [6.07, 6.45) is 0.372. The molecule has 1 N–H and O–H groups in total. The van der Waals surface area contributed by atoms with Gasteiger partial charge in [0, 0.05) is 6.54 Å². The highest BCUT2D eigenvalue weighted by Gasteiger charge is 2.32. The summed E-state index contributed by atoms with van der Waals surface area (Å²) in [6.45, 7) is 0.388. The number of halogens is 1. The SMILES string of the molecule is O=C(NOCc1ccc(F)cc1)N1CCCS(=O)(=O)CC1c1ccccc1. The maximum absolute atomic E-state index is 12.9. The molecule has 1 atom stereocenters. The van der Waals surface area contributed by atoms with Gasteiger partial charge in [-0.3, -0.25) is 4.84 Å². The third-order valence-electron chi connectivity index (χ3n) is 4.40. The average molecular weight is 392 g/mol. The zero-order chi connectivity index (χ0) is 19.3. The van der Waals surface area contributed by atoms with Gasteiger partial charge in [-0.15, -0.1) is 0 Å². The van der Waals surface area contributed by atoms with E-state index in [0.717, 1.165) is 5.56 Å². The number of sulfone groups is 1. The molecule has 27 heavy (non-hydrogen) atoms. The van der Waals surface area contributed by atoms with Crippen molar-refractivity contribution < 1.29 is 22.4 Å². The molecule has 0 saturated carbocycles. The van der Waals surface area contributed by atoms with Gasteiger partial charge in [0.25, 0.3) is 0 Å². The van der Waals surface area contributed by atoms with E-state index in [4.69, 9.17) is 4.84 Å². The lowest BCUT2D eigenvalue weighted by molar-refractivity contribution is 0.0328. The van der Waals surface area contributed by atoms with Gasteiger partial charge in [-0.2, -0.15) is 0 Å². The summed E-state index contributed by atoms with van der Waals surface area (Å²) in [5, 5.41) is 0. The molecule has 0 spiro atoms. The Morgan fingerprint density at radius 1 is 1.15 bits per heavy atom. The number of rotatable bonds is 4. The fourth-order valence-electron chi connectivity index (χ4n) is 3.04. The molecule has 0 aliphatic carbocycles. The number of nitrogens with zero attached hydrogens (tertiary/aromatic N) is 1. The Morgan fingerprint density at radius 2 is 1.85 bits per heavy atom. The van der Waals surface area contributed by atoms with Crippen LogP contribution in [0.1, 0.15) is 23.6 Å². The van der Waals surface area contributed by atoms with E-state index >= 15 is 0 Å². The van der Waals surface area contributed by atoms with Crippen LogP contribution in [-0.4, -0.2) is 37.4 Å². The largest absolute Gasteiger partial charge is 0.341 e. The highest BCUT2D eigenvalue weighted by Crippen LogP contribution is 2.26. The molecule has 3 rings (SSSR count). The van der Waals surface area contributed by atoms with Crippen LogP contribution in [0.15, 0.2) is 54.6 Å². The zero-order valence-electron chi connectivity index (χ0n) is 14.7. The lowest BCUT2D eigenvalue weighted by Crippen LogP contribution is -2.43. The van der Waals surface area contributed by atoms with Gasteiger partial charge < -0.3 is 4.90 Å². The van der Waals surface area contributed by atoms with E-state index in [-0.39, 0.29) is 23.9 Å². The minimum absolute atomic E-state index is 0.0521. The van der Waals surface area contributed by atoms with E-state index in [2.05, 4.69) is 5.48 Å². The minimum atomic E-state index is -3.25. The molecule has 0 aromatic heterocycles. The van der Waals surface area contributed by atoms with Crippen molar-refractivity contribution in [2.45, 2.75) is 19.1 Å². The molecule has 0 bridgehead atoms. The molecular formula is C19H21FN2O4S. The van der Waals surface area contributed by atoms with Gasteiger partial charge in [-0.25, -0.2) is 23.1 Å². The van der Waals surface area contributed by atoms with Crippen molar-refractivity contribution in [2.75, 3.05) is 18.1 Å². The van der Waals surface area contributed by atoms with Crippen LogP contribution < -0.4 is 5.48 Å². The summed E-state index contributed by atoms with van der Waals surface area (Å²) in [7, 11) is -3.25. The fraction of sp³-hybridized carbons (Fsp3) is 0.316. The second-order valence-corrected chi connectivity index (χ2v) is 8.64. The van der Waals surface area contributed by atoms with Crippen LogP contribution in [-0.2, 0) is 21.3 Å². The van der Waals surface area contributed by atoms with E-state index in [1.807, 2.05) is 30.3 Å². The third kappa shape index (κ3) is 5.27. The number of benzene rings is 2. The van der Waals surface area contributed by atoms with E-state index in [1.165, 1.54) is 17.0 Å². The summed E-state index contributed by atoms with van der Waals surface area (Å²) in [5.74, 6) is -0.418. The van der Waals surface area contributed by atoms with E-state index < -0.39 is 21.9 Å².